The molecule has 1 aromatic carbocycles. The van der Waals surface area contributed by atoms with E-state index in [2.05, 4.69) is 35.0 Å². The molecule has 1 fully saturated rings. The first-order valence-corrected chi connectivity index (χ1v) is 8.14. The third kappa shape index (κ3) is 3.21. The van der Waals surface area contributed by atoms with Gasteiger partial charge in [0, 0.05) is 11.4 Å². The van der Waals surface area contributed by atoms with Gasteiger partial charge in [-0.05, 0) is 57.0 Å². The number of aromatic amines is 1. The van der Waals surface area contributed by atoms with E-state index in [1.807, 2.05) is 18.3 Å². The maximum Gasteiger partial charge on any atom is 0.120 e. The van der Waals surface area contributed by atoms with Crippen molar-refractivity contribution in [3.8, 4) is 5.75 Å². The van der Waals surface area contributed by atoms with Crippen LogP contribution in [0, 0.1) is 0 Å². The van der Waals surface area contributed by atoms with Crippen LogP contribution in [0.2, 0.25) is 0 Å². The molecule has 1 aromatic heterocycles. The number of ether oxygens (including phenoxy) is 1. The summed E-state index contributed by atoms with van der Waals surface area (Å²) in [5.41, 5.74) is 1.06. The topological polar surface area (TPSA) is 41.1 Å². The molecule has 0 spiro atoms. The fourth-order valence-corrected chi connectivity index (χ4v) is 3.49. The average molecular weight is 287 g/mol. The van der Waals surface area contributed by atoms with Crippen molar-refractivity contribution in [2.24, 2.45) is 0 Å². The lowest BCUT2D eigenvalue weighted by atomic mass is 9.91. The molecule has 1 N–H and O–H groups in total. The molecule has 4 heteroatoms. The lowest BCUT2D eigenvalue weighted by Crippen LogP contribution is -2.41. The van der Waals surface area contributed by atoms with Crippen molar-refractivity contribution in [1.29, 1.82) is 0 Å². The van der Waals surface area contributed by atoms with Crippen LogP contribution in [-0.4, -0.2) is 40.3 Å². The first-order valence-electron chi connectivity index (χ1n) is 8.14. The Bertz CT molecular complexity index is 576. The Morgan fingerprint density at radius 2 is 2.14 bits per heavy atom. The van der Waals surface area contributed by atoms with Crippen molar-refractivity contribution in [2.75, 3.05) is 13.1 Å². The molecule has 0 unspecified atom stereocenters. The smallest absolute Gasteiger partial charge is 0.120 e. The van der Waals surface area contributed by atoms with Crippen LogP contribution < -0.4 is 4.74 Å². The number of hydrogen-bond acceptors (Lipinski definition) is 3. The van der Waals surface area contributed by atoms with E-state index in [9.17, 15) is 0 Å². The van der Waals surface area contributed by atoms with Gasteiger partial charge in [0.05, 0.1) is 11.7 Å². The second kappa shape index (κ2) is 6.48. The number of nitrogens with zero attached hydrogens (tertiary/aromatic N) is 2. The Labute approximate surface area is 126 Å². The highest BCUT2D eigenvalue weighted by molar-refractivity contribution is 5.79. The maximum atomic E-state index is 6.23. The van der Waals surface area contributed by atoms with Gasteiger partial charge in [-0.2, -0.15) is 5.10 Å². The Hall–Kier alpha value is -1.55. The summed E-state index contributed by atoms with van der Waals surface area (Å²) in [7, 11) is 0. The third-order valence-electron chi connectivity index (χ3n) is 4.64. The van der Waals surface area contributed by atoms with Crippen LogP contribution >= 0.6 is 0 Å². The van der Waals surface area contributed by atoms with E-state index in [-0.39, 0.29) is 0 Å². The average Bonchev–Trinajstić information content (AvgIpc) is 2.96. The van der Waals surface area contributed by atoms with Crippen molar-refractivity contribution in [3.05, 3.63) is 24.4 Å². The predicted molar refractivity (Wildman–Crippen MR) is 85.7 cm³/mol. The molecular weight excluding hydrogens is 262 g/mol. The highest BCUT2D eigenvalue weighted by Crippen LogP contribution is 2.28. The van der Waals surface area contributed by atoms with Crippen LogP contribution in [0.5, 0.6) is 5.75 Å². The van der Waals surface area contributed by atoms with Crippen molar-refractivity contribution in [1.82, 2.24) is 15.1 Å². The summed E-state index contributed by atoms with van der Waals surface area (Å²) in [6.45, 7) is 6.77. The van der Waals surface area contributed by atoms with Crippen molar-refractivity contribution < 1.29 is 4.74 Å². The van der Waals surface area contributed by atoms with Gasteiger partial charge in [0.2, 0.25) is 0 Å². The molecule has 0 saturated heterocycles. The number of fused-ring (bicyclic) bond motifs is 1. The molecule has 3 rings (SSSR count). The molecule has 21 heavy (non-hydrogen) atoms. The van der Waals surface area contributed by atoms with Crippen LogP contribution in [0.1, 0.15) is 39.5 Å². The quantitative estimate of drug-likeness (QED) is 0.913. The number of hydrogen-bond donors (Lipinski definition) is 1. The van der Waals surface area contributed by atoms with Gasteiger partial charge in [-0.3, -0.25) is 5.10 Å². The zero-order valence-electron chi connectivity index (χ0n) is 13.0. The third-order valence-corrected chi connectivity index (χ3v) is 4.64. The fraction of sp³-hybridized carbons (Fsp3) is 0.588. The zero-order chi connectivity index (χ0) is 14.7. The second-order valence-corrected chi connectivity index (χ2v) is 5.90. The number of benzene rings is 1. The van der Waals surface area contributed by atoms with E-state index in [1.54, 1.807) is 0 Å². The van der Waals surface area contributed by atoms with E-state index in [4.69, 9.17) is 4.74 Å². The Kier molecular flexibility index (Phi) is 4.44. The van der Waals surface area contributed by atoms with Gasteiger partial charge >= 0.3 is 0 Å². The molecule has 1 saturated carbocycles. The minimum absolute atomic E-state index is 0.341. The van der Waals surface area contributed by atoms with Crippen LogP contribution in [0.4, 0.5) is 0 Å². The molecule has 1 aliphatic carbocycles. The van der Waals surface area contributed by atoms with Crippen LogP contribution in [-0.2, 0) is 0 Å². The maximum absolute atomic E-state index is 6.23. The lowest BCUT2D eigenvalue weighted by molar-refractivity contribution is 0.0819. The summed E-state index contributed by atoms with van der Waals surface area (Å²) in [4.78, 5) is 2.56. The highest BCUT2D eigenvalue weighted by atomic mass is 16.5. The molecule has 2 atom stereocenters. The van der Waals surface area contributed by atoms with Gasteiger partial charge in [-0.15, -0.1) is 0 Å². The molecular formula is C17H25N3O. The molecule has 114 valence electrons. The van der Waals surface area contributed by atoms with Gasteiger partial charge < -0.3 is 9.64 Å². The standard InChI is InChI=1S/C17H25N3O/c1-3-20(4-2)14-6-5-7-15(11-14)21-16-8-9-17-13(10-16)12-18-19-17/h8-10,12,14-15H,3-7,11H2,1-2H3,(H,18,19)/t14-,15-/m0/s1. The second-order valence-electron chi connectivity index (χ2n) is 5.90. The summed E-state index contributed by atoms with van der Waals surface area (Å²) in [5, 5.41) is 8.15. The number of rotatable bonds is 5. The molecule has 0 amide bonds. The molecule has 1 aliphatic rings. The van der Waals surface area contributed by atoms with Gasteiger partial charge in [0.15, 0.2) is 0 Å². The number of nitrogens with one attached hydrogen (secondary N) is 1. The summed E-state index contributed by atoms with van der Waals surface area (Å²) >= 11 is 0. The van der Waals surface area contributed by atoms with Crippen molar-refractivity contribution in [3.63, 3.8) is 0 Å². The van der Waals surface area contributed by atoms with E-state index < -0.39 is 0 Å². The van der Waals surface area contributed by atoms with Crippen LogP contribution in [0.3, 0.4) is 0 Å². The first kappa shape index (κ1) is 14.4. The molecule has 0 bridgehead atoms. The van der Waals surface area contributed by atoms with Gasteiger partial charge in [0.1, 0.15) is 11.9 Å². The lowest BCUT2D eigenvalue weighted by Gasteiger charge is -2.36. The van der Waals surface area contributed by atoms with E-state index in [1.165, 1.54) is 19.3 Å². The van der Waals surface area contributed by atoms with Crippen molar-refractivity contribution >= 4 is 10.9 Å². The van der Waals surface area contributed by atoms with E-state index >= 15 is 0 Å². The summed E-state index contributed by atoms with van der Waals surface area (Å²) in [6.07, 6.45) is 7.07. The molecule has 2 aromatic rings. The van der Waals surface area contributed by atoms with Crippen LogP contribution in [0.15, 0.2) is 24.4 Å². The van der Waals surface area contributed by atoms with E-state index in [0.717, 1.165) is 36.2 Å². The highest BCUT2D eigenvalue weighted by Gasteiger charge is 2.26. The summed E-state index contributed by atoms with van der Waals surface area (Å²) < 4.78 is 6.23. The van der Waals surface area contributed by atoms with Gasteiger partial charge in [-0.25, -0.2) is 0 Å². The van der Waals surface area contributed by atoms with Gasteiger partial charge in [-0.1, -0.05) is 13.8 Å². The SMILES string of the molecule is CCN(CC)[C@H]1CCC[C@H](Oc2ccc3[nH]ncc3c2)C1. The largest absolute Gasteiger partial charge is 0.490 e. The molecule has 0 aliphatic heterocycles. The predicted octanol–water partition coefficient (Wildman–Crippen LogP) is 3.59. The normalized spacial score (nSPS) is 22.8. The van der Waals surface area contributed by atoms with Crippen molar-refractivity contribution in [2.45, 2.75) is 51.7 Å². The van der Waals surface area contributed by atoms with E-state index in [0.29, 0.717) is 12.1 Å². The Morgan fingerprint density at radius 3 is 2.95 bits per heavy atom. The molecule has 4 nitrogen and oxygen atoms in total. The zero-order valence-corrected chi connectivity index (χ0v) is 13.0. The fourth-order valence-electron chi connectivity index (χ4n) is 3.49. The summed E-state index contributed by atoms with van der Waals surface area (Å²) in [6, 6.07) is 6.85. The number of H-pyrrole nitrogens is 1. The monoisotopic (exact) mass is 287 g/mol. The first-order chi connectivity index (χ1) is 10.3. The molecule has 0 radical (unpaired) electrons. The Morgan fingerprint density at radius 1 is 1.29 bits per heavy atom. The van der Waals surface area contributed by atoms with Crippen LogP contribution in [0.25, 0.3) is 10.9 Å². The summed E-state index contributed by atoms with van der Waals surface area (Å²) in [5.74, 6) is 0.967. The number of aromatic nitrogens is 2. The Balaban J connectivity index is 1.66. The van der Waals surface area contributed by atoms with Gasteiger partial charge in [0.25, 0.3) is 0 Å². The minimum Gasteiger partial charge on any atom is -0.490 e. The molecule has 1 heterocycles. The minimum atomic E-state index is 0.341.